The first-order chi connectivity index (χ1) is 8.30. The summed E-state index contributed by atoms with van der Waals surface area (Å²) in [4.78, 5) is 4.46. The smallest absolute Gasteiger partial charge is 0.213 e. The standard InChI is InChI=1S/C14H22N2O/c1-4-6-7-8-17-14-10-12(11-15-3)9-13(5-2)16-14/h4,9-10,15H,1,5-8,11H2,2-3H3. The van der Waals surface area contributed by atoms with Crippen LogP contribution in [0.15, 0.2) is 24.8 Å². The molecule has 1 aromatic heterocycles. The molecule has 94 valence electrons. The molecule has 1 heterocycles. The Morgan fingerprint density at radius 3 is 2.94 bits per heavy atom. The summed E-state index contributed by atoms with van der Waals surface area (Å²) in [5, 5.41) is 3.14. The molecule has 17 heavy (non-hydrogen) atoms. The number of nitrogens with one attached hydrogen (secondary N) is 1. The maximum atomic E-state index is 5.65. The zero-order chi connectivity index (χ0) is 12.5. The molecule has 3 heteroatoms. The molecule has 0 fully saturated rings. The summed E-state index contributed by atoms with van der Waals surface area (Å²) in [6, 6.07) is 4.12. The van der Waals surface area contributed by atoms with Crippen LogP contribution in [0.2, 0.25) is 0 Å². The van der Waals surface area contributed by atoms with Gasteiger partial charge in [-0.3, -0.25) is 0 Å². The molecule has 1 rings (SSSR count). The van der Waals surface area contributed by atoms with Gasteiger partial charge in [-0.05, 0) is 37.9 Å². The normalized spacial score (nSPS) is 10.2. The molecule has 0 amide bonds. The van der Waals surface area contributed by atoms with Crippen LogP contribution in [0.1, 0.15) is 31.0 Å². The number of unbranched alkanes of at least 4 members (excludes halogenated alkanes) is 1. The van der Waals surface area contributed by atoms with Crippen LogP contribution < -0.4 is 10.1 Å². The lowest BCUT2D eigenvalue weighted by Gasteiger charge is -2.09. The summed E-state index contributed by atoms with van der Waals surface area (Å²) >= 11 is 0. The topological polar surface area (TPSA) is 34.1 Å². The van der Waals surface area contributed by atoms with Gasteiger partial charge in [0.15, 0.2) is 0 Å². The van der Waals surface area contributed by atoms with E-state index in [0.29, 0.717) is 6.61 Å². The average Bonchev–Trinajstić information content (AvgIpc) is 2.35. The maximum Gasteiger partial charge on any atom is 0.213 e. The number of hydrogen-bond donors (Lipinski definition) is 1. The van der Waals surface area contributed by atoms with E-state index in [-0.39, 0.29) is 0 Å². The molecule has 0 saturated heterocycles. The van der Waals surface area contributed by atoms with Crippen LogP contribution >= 0.6 is 0 Å². The van der Waals surface area contributed by atoms with Crippen LogP contribution in [0.4, 0.5) is 0 Å². The highest BCUT2D eigenvalue weighted by molar-refractivity contribution is 5.25. The van der Waals surface area contributed by atoms with Crippen molar-refractivity contribution < 1.29 is 4.74 Å². The minimum atomic E-state index is 0.700. The molecule has 3 nitrogen and oxygen atoms in total. The van der Waals surface area contributed by atoms with Crippen LogP contribution in [0.5, 0.6) is 5.88 Å². The minimum Gasteiger partial charge on any atom is -0.478 e. The Labute approximate surface area is 104 Å². The molecule has 0 spiro atoms. The first kappa shape index (κ1) is 13.7. The molecule has 1 aromatic rings. The number of nitrogens with zero attached hydrogens (tertiary/aromatic N) is 1. The molecule has 0 bridgehead atoms. The molecule has 0 aliphatic carbocycles. The summed E-state index contributed by atoms with van der Waals surface area (Å²) < 4.78 is 5.65. The molecule has 0 aromatic carbocycles. The average molecular weight is 234 g/mol. The van der Waals surface area contributed by atoms with Crippen molar-refractivity contribution in [3.63, 3.8) is 0 Å². The maximum absolute atomic E-state index is 5.65. The fraction of sp³-hybridized carbons (Fsp3) is 0.500. The lowest BCUT2D eigenvalue weighted by molar-refractivity contribution is 0.299. The number of aromatic nitrogens is 1. The second-order valence-electron chi connectivity index (χ2n) is 3.97. The minimum absolute atomic E-state index is 0.700. The molecule has 1 N–H and O–H groups in total. The summed E-state index contributed by atoms with van der Waals surface area (Å²) in [6.07, 6.45) is 4.81. The van der Waals surface area contributed by atoms with E-state index in [1.54, 1.807) is 0 Å². The Bertz CT molecular complexity index is 350. The van der Waals surface area contributed by atoms with Crippen molar-refractivity contribution in [2.24, 2.45) is 0 Å². The highest BCUT2D eigenvalue weighted by Crippen LogP contribution is 2.13. The number of allylic oxidation sites excluding steroid dienone is 1. The number of hydrogen-bond acceptors (Lipinski definition) is 3. The van der Waals surface area contributed by atoms with Crippen molar-refractivity contribution in [2.45, 2.75) is 32.7 Å². The monoisotopic (exact) mass is 234 g/mol. The van der Waals surface area contributed by atoms with Gasteiger partial charge in [0, 0.05) is 18.3 Å². The first-order valence-corrected chi connectivity index (χ1v) is 6.18. The van der Waals surface area contributed by atoms with Gasteiger partial charge in [-0.15, -0.1) is 6.58 Å². The highest BCUT2D eigenvalue weighted by Gasteiger charge is 2.02. The zero-order valence-corrected chi connectivity index (χ0v) is 10.8. The number of rotatable bonds is 8. The van der Waals surface area contributed by atoms with Gasteiger partial charge in [0.2, 0.25) is 5.88 Å². The van der Waals surface area contributed by atoms with Gasteiger partial charge < -0.3 is 10.1 Å². The predicted octanol–water partition coefficient (Wildman–Crippen LogP) is 2.71. The number of aryl methyl sites for hydroxylation is 1. The van der Waals surface area contributed by atoms with E-state index in [4.69, 9.17) is 4.74 Å². The van der Waals surface area contributed by atoms with Crippen molar-refractivity contribution in [1.82, 2.24) is 10.3 Å². The van der Waals surface area contributed by atoms with Gasteiger partial charge in [0.05, 0.1) is 6.61 Å². The molecule has 0 aliphatic rings. The largest absolute Gasteiger partial charge is 0.478 e. The Hall–Kier alpha value is -1.35. The number of ether oxygens (including phenoxy) is 1. The second-order valence-corrected chi connectivity index (χ2v) is 3.97. The first-order valence-electron chi connectivity index (χ1n) is 6.18. The quantitative estimate of drug-likeness (QED) is 0.554. The summed E-state index contributed by atoms with van der Waals surface area (Å²) in [5.41, 5.74) is 2.30. The zero-order valence-electron chi connectivity index (χ0n) is 10.8. The van der Waals surface area contributed by atoms with Gasteiger partial charge in [0.1, 0.15) is 0 Å². The fourth-order valence-corrected chi connectivity index (χ4v) is 1.59. The summed E-state index contributed by atoms with van der Waals surface area (Å²) in [7, 11) is 1.94. The fourth-order valence-electron chi connectivity index (χ4n) is 1.59. The van der Waals surface area contributed by atoms with Crippen LogP contribution in [-0.4, -0.2) is 18.6 Å². The van der Waals surface area contributed by atoms with E-state index in [1.807, 2.05) is 19.2 Å². The van der Waals surface area contributed by atoms with Crippen molar-refractivity contribution in [3.8, 4) is 5.88 Å². The third-order valence-corrected chi connectivity index (χ3v) is 2.46. The number of pyridine rings is 1. The molecular weight excluding hydrogens is 212 g/mol. The van der Waals surface area contributed by atoms with Crippen LogP contribution in [0.3, 0.4) is 0 Å². The molecule has 0 atom stereocenters. The third-order valence-electron chi connectivity index (χ3n) is 2.46. The van der Waals surface area contributed by atoms with E-state index < -0.39 is 0 Å². The van der Waals surface area contributed by atoms with Gasteiger partial charge in [0.25, 0.3) is 0 Å². The highest BCUT2D eigenvalue weighted by atomic mass is 16.5. The van der Waals surface area contributed by atoms with E-state index in [2.05, 4.69) is 29.9 Å². The molecule has 0 radical (unpaired) electrons. The van der Waals surface area contributed by atoms with Crippen LogP contribution in [0.25, 0.3) is 0 Å². The van der Waals surface area contributed by atoms with Crippen molar-refractivity contribution >= 4 is 0 Å². The van der Waals surface area contributed by atoms with Gasteiger partial charge >= 0.3 is 0 Å². The van der Waals surface area contributed by atoms with Crippen molar-refractivity contribution in [3.05, 3.63) is 36.0 Å². The Morgan fingerprint density at radius 2 is 2.29 bits per heavy atom. The van der Waals surface area contributed by atoms with Crippen molar-refractivity contribution in [1.29, 1.82) is 0 Å². The lowest BCUT2D eigenvalue weighted by Crippen LogP contribution is -2.07. The third kappa shape index (κ3) is 5.00. The second kappa shape index (κ2) is 7.85. The summed E-state index contributed by atoms with van der Waals surface area (Å²) in [6.45, 7) is 7.34. The van der Waals surface area contributed by atoms with Gasteiger partial charge in [-0.25, -0.2) is 4.98 Å². The van der Waals surface area contributed by atoms with E-state index >= 15 is 0 Å². The van der Waals surface area contributed by atoms with Crippen LogP contribution in [0, 0.1) is 0 Å². The Morgan fingerprint density at radius 1 is 1.47 bits per heavy atom. The summed E-state index contributed by atoms with van der Waals surface area (Å²) in [5.74, 6) is 0.735. The van der Waals surface area contributed by atoms with Gasteiger partial charge in [-0.1, -0.05) is 13.0 Å². The van der Waals surface area contributed by atoms with E-state index in [0.717, 1.165) is 37.4 Å². The Balaban J connectivity index is 2.62. The van der Waals surface area contributed by atoms with Gasteiger partial charge in [-0.2, -0.15) is 0 Å². The molecular formula is C14H22N2O. The molecule has 0 aliphatic heterocycles. The lowest BCUT2D eigenvalue weighted by atomic mass is 10.2. The molecule has 0 unspecified atom stereocenters. The Kier molecular flexibility index (Phi) is 6.33. The predicted molar refractivity (Wildman–Crippen MR) is 71.3 cm³/mol. The van der Waals surface area contributed by atoms with Crippen molar-refractivity contribution in [2.75, 3.05) is 13.7 Å². The van der Waals surface area contributed by atoms with Crippen LogP contribution in [-0.2, 0) is 13.0 Å². The SMILES string of the molecule is C=CCCCOc1cc(CNC)cc(CC)n1. The molecule has 0 saturated carbocycles. The van der Waals surface area contributed by atoms with E-state index in [1.165, 1.54) is 5.56 Å². The van der Waals surface area contributed by atoms with E-state index in [9.17, 15) is 0 Å².